The van der Waals surface area contributed by atoms with Crippen molar-refractivity contribution in [3.63, 3.8) is 0 Å². The van der Waals surface area contributed by atoms with E-state index in [4.69, 9.17) is 0 Å². The number of aliphatic carboxylic acids is 1. The second-order valence-corrected chi connectivity index (χ2v) is 6.65. The monoisotopic (exact) mass is 289 g/mol. The van der Waals surface area contributed by atoms with Gasteiger partial charge in [0.05, 0.1) is 6.54 Å². The zero-order valence-electron chi connectivity index (χ0n) is 12.7. The molecule has 2 unspecified atom stereocenters. The largest absolute Gasteiger partial charge is 0.508 e. The van der Waals surface area contributed by atoms with Crippen molar-refractivity contribution < 1.29 is 15.0 Å². The number of fused-ring (bicyclic) bond motifs is 1. The molecule has 1 aromatic rings. The van der Waals surface area contributed by atoms with Crippen molar-refractivity contribution >= 4 is 5.97 Å². The summed E-state index contributed by atoms with van der Waals surface area (Å²) in [4.78, 5) is 13.3. The van der Waals surface area contributed by atoms with Gasteiger partial charge < -0.3 is 10.2 Å². The highest BCUT2D eigenvalue weighted by Crippen LogP contribution is 2.49. The van der Waals surface area contributed by atoms with Crippen LogP contribution >= 0.6 is 0 Å². The van der Waals surface area contributed by atoms with E-state index in [2.05, 4.69) is 18.7 Å². The molecule has 0 heterocycles. The second-order valence-electron chi connectivity index (χ2n) is 6.65. The number of aromatic hydroxyl groups is 1. The summed E-state index contributed by atoms with van der Waals surface area (Å²) in [6.45, 7) is 5.12. The lowest BCUT2D eigenvalue weighted by Crippen LogP contribution is -2.34. The Morgan fingerprint density at radius 2 is 2.05 bits per heavy atom. The summed E-state index contributed by atoms with van der Waals surface area (Å²) in [5.74, 6) is 0.531. The molecule has 0 bridgehead atoms. The second kappa shape index (κ2) is 5.34. The van der Waals surface area contributed by atoms with Crippen molar-refractivity contribution in [1.29, 1.82) is 0 Å². The van der Waals surface area contributed by atoms with Crippen LogP contribution in [0, 0.1) is 12.8 Å². The fourth-order valence-corrected chi connectivity index (χ4v) is 3.75. The first kappa shape index (κ1) is 14.4. The van der Waals surface area contributed by atoms with E-state index in [-0.39, 0.29) is 12.6 Å². The van der Waals surface area contributed by atoms with Gasteiger partial charge in [-0.15, -0.1) is 0 Å². The number of benzene rings is 1. The summed E-state index contributed by atoms with van der Waals surface area (Å²) in [6.07, 6.45) is 3.30. The summed E-state index contributed by atoms with van der Waals surface area (Å²) >= 11 is 0. The average Bonchev–Trinajstić information content (AvgIpc) is 3.14. The lowest BCUT2D eigenvalue weighted by Gasteiger charge is -2.28. The van der Waals surface area contributed by atoms with E-state index < -0.39 is 5.97 Å². The third-order valence-electron chi connectivity index (χ3n) is 4.85. The van der Waals surface area contributed by atoms with Crippen LogP contribution in [0.5, 0.6) is 5.75 Å². The highest BCUT2D eigenvalue weighted by molar-refractivity contribution is 5.69. The quantitative estimate of drug-likeness (QED) is 0.874. The number of aryl methyl sites for hydroxylation is 1. The van der Waals surface area contributed by atoms with Crippen molar-refractivity contribution in [1.82, 2.24) is 4.90 Å². The third kappa shape index (κ3) is 2.77. The number of hydrogen-bond acceptors (Lipinski definition) is 3. The Morgan fingerprint density at radius 3 is 2.67 bits per heavy atom. The lowest BCUT2D eigenvalue weighted by atomic mass is 9.97. The highest BCUT2D eigenvalue weighted by Gasteiger charge is 2.38. The van der Waals surface area contributed by atoms with Gasteiger partial charge in [-0.25, -0.2) is 0 Å². The van der Waals surface area contributed by atoms with Crippen LogP contribution in [0.25, 0.3) is 0 Å². The van der Waals surface area contributed by atoms with Crippen LogP contribution in [0.3, 0.4) is 0 Å². The van der Waals surface area contributed by atoms with Gasteiger partial charge in [0.1, 0.15) is 5.75 Å². The van der Waals surface area contributed by atoms with Crippen molar-refractivity contribution in [3.8, 4) is 5.75 Å². The summed E-state index contributed by atoms with van der Waals surface area (Å²) in [6, 6.07) is 3.73. The summed E-state index contributed by atoms with van der Waals surface area (Å²) in [7, 11) is 0. The Bertz CT molecular complexity index is 565. The van der Waals surface area contributed by atoms with Crippen LogP contribution in [-0.4, -0.2) is 34.2 Å². The molecule has 0 aliphatic heterocycles. The van der Waals surface area contributed by atoms with Crippen molar-refractivity contribution in [2.75, 3.05) is 13.1 Å². The van der Waals surface area contributed by atoms with Gasteiger partial charge in [0, 0.05) is 18.2 Å². The van der Waals surface area contributed by atoms with Crippen LogP contribution in [0.4, 0.5) is 0 Å². The number of carboxylic acids is 1. The predicted molar refractivity (Wildman–Crippen MR) is 80.5 cm³/mol. The number of phenols is 1. The molecule has 114 valence electrons. The van der Waals surface area contributed by atoms with E-state index in [1.807, 2.05) is 6.07 Å². The maximum Gasteiger partial charge on any atom is 0.317 e. The molecule has 0 saturated heterocycles. The Balaban J connectivity index is 1.95. The van der Waals surface area contributed by atoms with Gasteiger partial charge in [-0.1, -0.05) is 13.0 Å². The van der Waals surface area contributed by atoms with Gasteiger partial charge in [-0.2, -0.15) is 0 Å². The Labute approximate surface area is 125 Å². The Kier molecular flexibility index (Phi) is 3.66. The molecule has 4 heteroatoms. The third-order valence-corrected chi connectivity index (χ3v) is 4.85. The first-order chi connectivity index (χ1) is 9.97. The minimum atomic E-state index is -0.788. The molecule has 1 saturated carbocycles. The molecule has 3 rings (SSSR count). The van der Waals surface area contributed by atoms with Gasteiger partial charge >= 0.3 is 5.97 Å². The minimum Gasteiger partial charge on any atom is -0.508 e. The predicted octanol–water partition coefficient (Wildman–Crippen LogP) is 3.05. The zero-order valence-corrected chi connectivity index (χ0v) is 12.7. The topological polar surface area (TPSA) is 60.8 Å². The van der Waals surface area contributed by atoms with E-state index in [0.29, 0.717) is 17.6 Å². The molecule has 4 nitrogen and oxygen atoms in total. The van der Waals surface area contributed by atoms with E-state index >= 15 is 0 Å². The molecule has 2 aliphatic rings. The van der Waals surface area contributed by atoms with E-state index in [1.54, 1.807) is 6.07 Å². The van der Waals surface area contributed by atoms with Crippen LogP contribution in [0.15, 0.2) is 12.1 Å². The molecule has 1 aromatic carbocycles. The number of hydrogen-bond donors (Lipinski definition) is 2. The summed E-state index contributed by atoms with van der Waals surface area (Å²) in [5, 5.41) is 19.5. The maximum atomic E-state index is 11.2. The first-order valence-electron chi connectivity index (χ1n) is 7.75. The summed E-state index contributed by atoms with van der Waals surface area (Å²) in [5.41, 5.74) is 3.37. The normalized spacial score (nSPS) is 24.3. The molecule has 0 radical (unpaired) electrons. The van der Waals surface area contributed by atoms with Gasteiger partial charge in [-0.3, -0.25) is 9.69 Å². The lowest BCUT2D eigenvalue weighted by molar-refractivity contribution is -0.139. The van der Waals surface area contributed by atoms with E-state index in [0.717, 1.165) is 18.5 Å². The Morgan fingerprint density at radius 1 is 1.33 bits per heavy atom. The van der Waals surface area contributed by atoms with Gasteiger partial charge in [-0.05, 0) is 55.2 Å². The summed E-state index contributed by atoms with van der Waals surface area (Å²) < 4.78 is 0. The molecule has 2 atom stereocenters. The molecular formula is C17H23NO3. The molecular weight excluding hydrogens is 266 g/mol. The number of rotatable bonds is 5. The van der Waals surface area contributed by atoms with E-state index in [9.17, 15) is 15.0 Å². The van der Waals surface area contributed by atoms with Gasteiger partial charge in [0.2, 0.25) is 0 Å². The zero-order chi connectivity index (χ0) is 15.1. The number of carboxylic acid groups (broad SMARTS) is 1. The number of carbonyl (C=O) groups is 1. The van der Waals surface area contributed by atoms with Crippen molar-refractivity contribution in [3.05, 3.63) is 28.8 Å². The van der Waals surface area contributed by atoms with E-state index in [1.165, 1.54) is 24.0 Å². The molecule has 1 fully saturated rings. The fraction of sp³-hybridized carbons (Fsp3) is 0.588. The van der Waals surface area contributed by atoms with Crippen molar-refractivity contribution in [2.45, 2.75) is 45.1 Å². The molecule has 21 heavy (non-hydrogen) atoms. The number of phenolic OH excluding ortho intramolecular Hbond substituents is 1. The van der Waals surface area contributed by atoms with Crippen LogP contribution < -0.4 is 0 Å². The maximum absolute atomic E-state index is 11.2. The molecule has 2 N–H and O–H groups in total. The average molecular weight is 289 g/mol. The molecule has 0 amide bonds. The van der Waals surface area contributed by atoms with Gasteiger partial charge in [0.15, 0.2) is 0 Å². The Hall–Kier alpha value is -1.55. The standard InChI is InChI=1S/C17H23NO3/c1-10-3-6-14(19)17-13(7-11(2)16(10)17)18(9-15(20)21)8-12-4-5-12/h3,6,11-13,19H,4-5,7-9H2,1-2H3,(H,20,21). The SMILES string of the molecule is Cc1ccc(O)c2c1C(C)CC2N(CC(=O)O)CC1CC1. The number of nitrogens with zero attached hydrogens (tertiary/aromatic N) is 1. The van der Waals surface area contributed by atoms with Crippen LogP contribution in [-0.2, 0) is 4.79 Å². The van der Waals surface area contributed by atoms with Crippen LogP contribution in [0.2, 0.25) is 0 Å². The van der Waals surface area contributed by atoms with Crippen LogP contribution in [0.1, 0.15) is 54.8 Å². The molecule has 0 spiro atoms. The smallest absolute Gasteiger partial charge is 0.317 e. The first-order valence-corrected chi connectivity index (χ1v) is 7.75. The molecule has 2 aliphatic carbocycles. The van der Waals surface area contributed by atoms with Gasteiger partial charge in [0.25, 0.3) is 0 Å². The highest BCUT2D eigenvalue weighted by atomic mass is 16.4. The molecule has 0 aromatic heterocycles. The fourth-order valence-electron chi connectivity index (χ4n) is 3.75. The van der Waals surface area contributed by atoms with Crippen molar-refractivity contribution in [2.24, 2.45) is 5.92 Å². The minimum absolute atomic E-state index is 0.0339.